The highest BCUT2D eigenvalue weighted by atomic mass is 32.1. The lowest BCUT2D eigenvalue weighted by molar-refractivity contribution is 1.38. The molecule has 96 valence electrons. The maximum atomic E-state index is 5.26. The minimum absolute atomic E-state index is 0.927. The number of aryl methyl sites for hydroxylation is 1. The predicted octanol–water partition coefficient (Wildman–Crippen LogP) is 3.97. The number of fused-ring (bicyclic) bond motifs is 1. The molecule has 3 N–H and O–H groups in total. The number of rotatable bonds is 2. The van der Waals surface area contributed by atoms with Crippen LogP contribution in [0.1, 0.15) is 19.4 Å². The molecule has 0 spiro atoms. The first-order valence-electron chi connectivity index (χ1n) is 5.94. The number of benzene rings is 1. The summed E-state index contributed by atoms with van der Waals surface area (Å²) in [5.41, 5.74) is 8.30. The fourth-order valence-electron chi connectivity index (χ4n) is 1.61. The van der Waals surface area contributed by atoms with Crippen molar-refractivity contribution in [3.05, 3.63) is 36.2 Å². The van der Waals surface area contributed by atoms with E-state index in [1.165, 1.54) is 6.20 Å². The molecule has 18 heavy (non-hydrogen) atoms. The predicted molar refractivity (Wildman–Crippen MR) is 83.1 cm³/mol. The Bertz CT molecular complexity index is 568. The second-order valence-corrected chi connectivity index (χ2v) is 3.97. The Morgan fingerprint density at radius 1 is 1.33 bits per heavy atom. The van der Waals surface area contributed by atoms with E-state index < -0.39 is 0 Å². The fourth-order valence-corrected chi connectivity index (χ4v) is 1.86. The van der Waals surface area contributed by atoms with Gasteiger partial charge in [0.2, 0.25) is 0 Å². The zero-order valence-corrected chi connectivity index (χ0v) is 11.8. The van der Waals surface area contributed by atoms with Crippen LogP contribution in [0.4, 0.5) is 5.69 Å². The summed E-state index contributed by atoms with van der Waals surface area (Å²) in [6.07, 6.45) is 6.70. The monoisotopic (exact) mass is 261 g/mol. The number of aliphatic imine (C=N–C) groups is 1. The molecule has 0 atom stereocenters. The van der Waals surface area contributed by atoms with Crippen molar-refractivity contribution < 1.29 is 0 Å². The second-order valence-electron chi connectivity index (χ2n) is 3.49. The summed E-state index contributed by atoms with van der Waals surface area (Å²) in [5.74, 6) is 0. The third kappa shape index (κ3) is 2.96. The van der Waals surface area contributed by atoms with Crippen LogP contribution in [0.25, 0.3) is 10.9 Å². The Kier molecular flexibility index (Phi) is 5.52. The number of thiol groups is 1. The Balaban J connectivity index is 0.000000771. The van der Waals surface area contributed by atoms with Gasteiger partial charge in [0.1, 0.15) is 0 Å². The van der Waals surface area contributed by atoms with E-state index in [0.29, 0.717) is 0 Å². The molecule has 0 unspecified atom stereocenters. The fraction of sp³-hybridized carbons (Fsp3) is 0.214. The van der Waals surface area contributed by atoms with E-state index in [4.69, 9.17) is 5.73 Å². The lowest BCUT2D eigenvalue weighted by Gasteiger charge is -2.01. The van der Waals surface area contributed by atoms with E-state index in [0.717, 1.165) is 27.0 Å². The van der Waals surface area contributed by atoms with Gasteiger partial charge in [0.15, 0.2) is 0 Å². The molecule has 0 fully saturated rings. The van der Waals surface area contributed by atoms with Crippen LogP contribution in [0.2, 0.25) is 0 Å². The normalized spacial score (nSPS) is 11.1. The molecule has 0 amide bonds. The van der Waals surface area contributed by atoms with E-state index in [-0.39, 0.29) is 0 Å². The molecule has 3 nitrogen and oxygen atoms in total. The zero-order valence-electron chi connectivity index (χ0n) is 10.9. The van der Waals surface area contributed by atoms with Crippen LogP contribution in [0.15, 0.2) is 40.5 Å². The van der Waals surface area contributed by atoms with Crippen LogP contribution in [0.5, 0.6) is 0 Å². The molecule has 2 rings (SSSR count). The highest BCUT2D eigenvalue weighted by Crippen LogP contribution is 2.32. The molecule has 0 saturated heterocycles. The number of nitrogens with one attached hydrogen (secondary N) is 1. The van der Waals surface area contributed by atoms with Crippen LogP contribution in [-0.2, 0) is 0 Å². The Morgan fingerprint density at radius 3 is 2.72 bits per heavy atom. The van der Waals surface area contributed by atoms with Gasteiger partial charge in [-0.05, 0) is 24.8 Å². The lowest BCUT2D eigenvalue weighted by atomic mass is 10.1. The second kappa shape index (κ2) is 6.91. The smallest absolute Gasteiger partial charge is 0.0899 e. The van der Waals surface area contributed by atoms with Gasteiger partial charge in [-0.2, -0.15) is 0 Å². The van der Waals surface area contributed by atoms with Gasteiger partial charge in [0.05, 0.1) is 11.2 Å². The number of hydrogen-bond acceptors (Lipinski definition) is 3. The van der Waals surface area contributed by atoms with Crippen molar-refractivity contribution in [3.63, 3.8) is 0 Å². The number of nitrogens with two attached hydrogens (primary N) is 1. The Labute approximate surface area is 113 Å². The van der Waals surface area contributed by atoms with Crippen LogP contribution in [0, 0.1) is 6.92 Å². The summed E-state index contributed by atoms with van der Waals surface area (Å²) in [7, 11) is 0. The largest absolute Gasteiger partial charge is 0.405 e. The highest BCUT2D eigenvalue weighted by molar-refractivity contribution is 7.80. The average Bonchev–Trinajstić information content (AvgIpc) is 2.77. The molecule has 0 radical (unpaired) electrons. The third-order valence-electron chi connectivity index (χ3n) is 2.41. The number of aromatic amines is 1. The van der Waals surface area contributed by atoms with Crippen molar-refractivity contribution in [1.82, 2.24) is 4.98 Å². The van der Waals surface area contributed by atoms with E-state index in [2.05, 4.69) is 22.6 Å². The molecule has 0 aliphatic carbocycles. The quantitative estimate of drug-likeness (QED) is 0.556. The summed E-state index contributed by atoms with van der Waals surface area (Å²) in [5, 5.41) is 1.08. The van der Waals surface area contributed by atoms with Crippen LogP contribution in [-0.4, -0.2) is 11.2 Å². The van der Waals surface area contributed by atoms with Crippen molar-refractivity contribution >= 4 is 35.4 Å². The summed E-state index contributed by atoms with van der Waals surface area (Å²) in [4.78, 5) is 8.49. The van der Waals surface area contributed by atoms with Crippen LogP contribution >= 0.6 is 12.6 Å². The van der Waals surface area contributed by atoms with Gasteiger partial charge >= 0.3 is 0 Å². The minimum atomic E-state index is 0.927. The zero-order chi connectivity index (χ0) is 13.5. The van der Waals surface area contributed by atoms with Gasteiger partial charge in [-0.1, -0.05) is 26.0 Å². The van der Waals surface area contributed by atoms with Crippen molar-refractivity contribution in [3.8, 4) is 0 Å². The molecule has 2 aromatic rings. The number of aromatic nitrogens is 1. The lowest BCUT2D eigenvalue weighted by Crippen LogP contribution is -1.80. The van der Waals surface area contributed by atoms with Crippen LogP contribution in [0.3, 0.4) is 0 Å². The average molecular weight is 261 g/mol. The Morgan fingerprint density at radius 2 is 2.06 bits per heavy atom. The molecule has 0 saturated carbocycles. The summed E-state index contributed by atoms with van der Waals surface area (Å²) in [6, 6.07) is 4.08. The highest BCUT2D eigenvalue weighted by Gasteiger charge is 2.06. The summed E-state index contributed by atoms with van der Waals surface area (Å²) < 4.78 is 0. The van der Waals surface area contributed by atoms with Gasteiger partial charge in [0.25, 0.3) is 0 Å². The molecule has 1 aromatic carbocycles. The number of hydrogen-bond donors (Lipinski definition) is 3. The molecule has 0 aliphatic heterocycles. The molecule has 1 aromatic heterocycles. The number of allylic oxidation sites excluding steroid dienone is 1. The first-order chi connectivity index (χ1) is 8.74. The van der Waals surface area contributed by atoms with Crippen LogP contribution < -0.4 is 5.73 Å². The van der Waals surface area contributed by atoms with E-state index in [1.54, 1.807) is 12.3 Å². The number of nitrogens with zero attached hydrogens (tertiary/aromatic N) is 1. The first kappa shape index (κ1) is 14.4. The molecule has 0 aliphatic rings. The molecular weight excluding hydrogens is 242 g/mol. The third-order valence-corrected chi connectivity index (χ3v) is 2.78. The van der Waals surface area contributed by atoms with E-state index >= 15 is 0 Å². The standard InChI is InChI=1S/C12H13N3S.C2H6/c1-8-3-4-9-10(16)7-15-12(9)11(8)14-6-2-5-13;1-2/h2-7,15-16H,13H2,1H3;1-2H3/b5-2-,14-6?;. The van der Waals surface area contributed by atoms with Gasteiger partial charge in [-0.25, -0.2) is 0 Å². The van der Waals surface area contributed by atoms with Crippen molar-refractivity contribution in [2.75, 3.05) is 0 Å². The van der Waals surface area contributed by atoms with Gasteiger partial charge in [0, 0.05) is 22.7 Å². The molecule has 0 bridgehead atoms. The summed E-state index contributed by atoms with van der Waals surface area (Å²) in [6.45, 7) is 6.03. The molecular formula is C14H19N3S. The van der Waals surface area contributed by atoms with Crippen molar-refractivity contribution in [1.29, 1.82) is 0 Å². The molecule has 4 heteroatoms. The number of H-pyrrole nitrogens is 1. The first-order valence-corrected chi connectivity index (χ1v) is 6.39. The van der Waals surface area contributed by atoms with E-state index in [9.17, 15) is 0 Å². The minimum Gasteiger partial charge on any atom is -0.405 e. The van der Waals surface area contributed by atoms with Gasteiger partial charge in [-0.3, -0.25) is 4.99 Å². The van der Waals surface area contributed by atoms with Crippen molar-refractivity contribution in [2.24, 2.45) is 10.7 Å². The van der Waals surface area contributed by atoms with E-state index in [1.807, 2.05) is 39.1 Å². The molecule has 1 heterocycles. The SMILES string of the molecule is CC.Cc1ccc2c(S)c[nH]c2c1N=C/C=C\N. The Hall–Kier alpha value is -1.68. The van der Waals surface area contributed by atoms with Gasteiger partial charge in [-0.15, -0.1) is 12.6 Å². The maximum absolute atomic E-state index is 5.26. The topological polar surface area (TPSA) is 54.2 Å². The van der Waals surface area contributed by atoms with Gasteiger partial charge < -0.3 is 10.7 Å². The maximum Gasteiger partial charge on any atom is 0.0899 e. The van der Waals surface area contributed by atoms with Crippen molar-refractivity contribution in [2.45, 2.75) is 25.7 Å². The summed E-state index contributed by atoms with van der Waals surface area (Å²) >= 11 is 4.38.